The average Bonchev–Trinajstić information content (AvgIpc) is 3.48. The smallest absolute Gasteiger partial charge is 0.257 e. The predicted octanol–water partition coefficient (Wildman–Crippen LogP) is 3.61. The minimum Gasteiger partial charge on any atom is -0.467 e. The van der Waals surface area contributed by atoms with E-state index < -0.39 is 0 Å². The topological polar surface area (TPSA) is 62.2 Å². The molecule has 0 fully saturated rings. The van der Waals surface area contributed by atoms with Gasteiger partial charge < -0.3 is 8.83 Å². The van der Waals surface area contributed by atoms with Crippen LogP contribution in [0.25, 0.3) is 0 Å². The lowest BCUT2D eigenvalue weighted by atomic mass is 10.00. The minimum absolute atomic E-state index is 0.0256. The van der Waals surface area contributed by atoms with Crippen molar-refractivity contribution in [3.05, 3.63) is 83.7 Å². The summed E-state index contributed by atoms with van der Waals surface area (Å²) >= 11 is 0. The third-order valence-electron chi connectivity index (χ3n) is 5.41. The lowest BCUT2D eigenvalue weighted by Crippen LogP contribution is -2.40. The molecule has 0 spiro atoms. The SMILES string of the molecule is O=C(CN1CCc2ccccc2C1)N1N=C(c2ccco2)CC1c1ccco1. The van der Waals surface area contributed by atoms with Crippen LogP contribution in [0, 0.1) is 0 Å². The molecule has 3 aromatic rings. The highest BCUT2D eigenvalue weighted by Gasteiger charge is 2.36. The molecule has 0 aliphatic carbocycles. The van der Waals surface area contributed by atoms with E-state index in [2.05, 4.69) is 34.3 Å². The van der Waals surface area contributed by atoms with E-state index in [1.165, 1.54) is 11.1 Å². The van der Waals surface area contributed by atoms with Gasteiger partial charge in [-0.05, 0) is 41.8 Å². The van der Waals surface area contributed by atoms with Gasteiger partial charge in [0.25, 0.3) is 5.91 Å². The number of furan rings is 2. The third kappa shape index (κ3) is 3.16. The Hall–Kier alpha value is -3.12. The predicted molar refractivity (Wildman–Crippen MR) is 104 cm³/mol. The molecule has 2 aromatic heterocycles. The molecule has 0 saturated heterocycles. The van der Waals surface area contributed by atoms with Gasteiger partial charge in [0.2, 0.25) is 0 Å². The maximum absolute atomic E-state index is 13.2. The molecule has 5 rings (SSSR count). The van der Waals surface area contributed by atoms with Crippen molar-refractivity contribution in [2.75, 3.05) is 13.1 Å². The minimum atomic E-state index is -0.236. The van der Waals surface area contributed by atoms with Crippen LogP contribution < -0.4 is 0 Å². The molecule has 6 nitrogen and oxygen atoms in total. The Morgan fingerprint density at radius 1 is 1.04 bits per heavy atom. The normalized spacial score (nSPS) is 19.5. The van der Waals surface area contributed by atoms with E-state index in [-0.39, 0.29) is 11.9 Å². The van der Waals surface area contributed by atoms with E-state index in [0.29, 0.717) is 18.7 Å². The third-order valence-corrected chi connectivity index (χ3v) is 5.41. The second-order valence-corrected chi connectivity index (χ2v) is 7.23. The second-order valence-electron chi connectivity index (χ2n) is 7.23. The van der Waals surface area contributed by atoms with Crippen LogP contribution in [-0.4, -0.2) is 34.6 Å². The first kappa shape index (κ1) is 17.0. The van der Waals surface area contributed by atoms with E-state index in [9.17, 15) is 4.79 Å². The lowest BCUT2D eigenvalue weighted by molar-refractivity contribution is -0.134. The highest BCUT2D eigenvalue weighted by atomic mass is 16.3. The van der Waals surface area contributed by atoms with Crippen molar-refractivity contribution < 1.29 is 13.6 Å². The van der Waals surface area contributed by atoms with Gasteiger partial charge in [-0.25, -0.2) is 5.01 Å². The fourth-order valence-electron chi connectivity index (χ4n) is 3.99. The van der Waals surface area contributed by atoms with E-state index >= 15 is 0 Å². The van der Waals surface area contributed by atoms with Crippen molar-refractivity contribution in [1.82, 2.24) is 9.91 Å². The van der Waals surface area contributed by atoms with Crippen molar-refractivity contribution in [1.29, 1.82) is 0 Å². The number of nitrogens with zero attached hydrogens (tertiary/aromatic N) is 3. The monoisotopic (exact) mass is 375 g/mol. The molecule has 0 N–H and O–H groups in total. The summed E-state index contributed by atoms with van der Waals surface area (Å²) in [5.74, 6) is 1.41. The van der Waals surface area contributed by atoms with Gasteiger partial charge in [0.1, 0.15) is 23.3 Å². The maximum Gasteiger partial charge on any atom is 0.257 e. The molecule has 6 heteroatoms. The van der Waals surface area contributed by atoms with Gasteiger partial charge in [0.05, 0.1) is 19.1 Å². The van der Waals surface area contributed by atoms with Crippen LogP contribution in [0.4, 0.5) is 0 Å². The van der Waals surface area contributed by atoms with Gasteiger partial charge in [0, 0.05) is 19.5 Å². The number of hydrogen-bond acceptors (Lipinski definition) is 5. The van der Waals surface area contributed by atoms with E-state index in [4.69, 9.17) is 8.83 Å². The van der Waals surface area contributed by atoms with Gasteiger partial charge in [-0.2, -0.15) is 5.10 Å². The summed E-state index contributed by atoms with van der Waals surface area (Å²) < 4.78 is 11.1. The van der Waals surface area contributed by atoms with Crippen LogP contribution in [0.2, 0.25) is 0 Å². The quantitative estimate of drug-likeness (QED) is 0.699. The molecule has 2 aliphatic rings. The molecule has 1 unspecified atom stereocenters. The summed E-state index contributed by atoms with van der Waals surface area (Å²) in [4.78, 5) is 15.3. The van der Waals surface area contributed by atoms with Crippen LogP contribution in [0.5, 0.6) is 0 Å². The zero-order valence-corrected chi connectivity index (χ0v) is 15.5. The first-order valence-electron chi connectivity index (χ1n) is 9.54. The molecule has 28 heavy (non-hydrogen) atoms. The van der Waals surface area contributed by atoms with Crippen molar-refractivity contribution in [3.63, 3.8) is 0 Å². The number of hydrogen-bond donors (Lipinski definition) is 0. The molecular weight excluding hydrogens is 354 g/mol. The Bertz CT molecular complexity index is 992. The van der Waals surface area contributed by atoms with Crippen molar-refractivity contribution in [3.8, 4) is 0 Å². The standard InChI is InChI=1S/C22H21N3O3/c26-22(15-24-10-9-16-5-1-2-6-17(16)14-24)25-19(21-8-4-12-28-21)13-18(23-25)20-7-3-11-27-20/h1-8,11-12,19H,9-10,13-15H2. The Labute approximate surface area is 163 Å². The molecule has 142 valence electrons. The Kier molecular flexibility index (Phi) is 4.33. The number of amides is 1. The number of carbonyl (C=O) groups is 1. The van der Waals surface area contributed by atoms with Crippen LogP contribution in [0.3, 0.4) is 0 Å². The first-order chi connectivity index (χ1) is 13.8. The van der Waals surface area contributed by atoms with E-state index in [1.807, 2.05) is 24.3 Å². The Balaban J connectivity index is 1.36. The van der Waals surface area contributed by atoms with Gasteiger partial charge >= 0.3 is 0 Å². The van der Waals surface area contributed by atoms with Crippen LogP contribution in [0.1, 0.15) is 35.1 Å². The molecule has 0 radical (unpaired) electrons. The Morgan fingerprint density at radius 3 is 2.64 bits per heavy atom. The molecule has 1 atom stereocenters. The Morgan fingerprint density at radius 2 is 1.86 bits per heavy atom. The summed E-state index contributed by atoms with van der Waals surface area (Å²) in [6.45, 7) is 1.99. The van der Waals surface area contributed by atoms with Crippen molar-refractivity contribution in [2.45, 2.75) is 25.4 Å². The number of benzene rings is 1. The van der Waals surface area contributed by atoms with Crippen LogP contribution in [-0.2, 0) is 17.8 Å². The van der Waals surface area contributed by atoms with Crippen molar-refractivity contribution >= 4 is 11.6 Å². The molecule has 4 heterocycles. The zero-order chi connectivity index (χ0) is 18.9. The van der Waals surface area contributed by atoms with E-state index in [1.54, 1.807) is 17.5 Å². The summed E-state index contributed by atoms with van der Waals surface area (Å²) in [5, 5.41) is 6.16. The summed E-state index contributed by atoms with van der Waals surface area (Å²) in [6, 6.07) is 15.6. The summed E-state index contributed by atoms with van der Waals surface area (Å²) in [7, 11) is 0. The largest absolute Gasteiger partial charge is 0.467 e. The number of carbonyl (C=O) groups excluding carboxylic acids is 1. The highest BCUT2D eigenvalue weighted by molar-refractivity contribution is 6.01. The van der Waals surface area contributed by atoms with Gasteiger partial charge in [-0.15, -0.1) is 0 Å². The number of rotatable bonds is 4. The molecular formula is C22H21N3O3. The van der Waals surface area contributed by atoms with Gasteiger partial charge in [-0.1, -0.05) is 24.3 Å². The summed E-state index contributed by atoms with van der Waals surface area (Å²) in [6.07, 6.45) is 4.79. The second kappa shape index (κ2) is 7.13. The van der Waals surface area contributed by atoms with Gasteiger partial charge in [-0.3, -0.25) is 9.69 Å². The molecule has 0 saturated carbocycles. The molecule has 1 amide bonds. The highest BCUT2D eigenvalue weighted by Crippen LogP contribution is 2.33. The van der Waals surface area contributed by atoms with Crippen molar-refractivity contribution in [2.24, 2.45) is 5.10 Å². The van der Waals surface area contributed by atoms with E-state index in [0.717, 1.165) is 31.0 Å². The van der Waals surface area contributed by atoms with Crippen LogP contribution in [0.15, 0.2) is 75.0 Å². The number of hydrazone groups is 1. The zero-order valence-electron chi connectivity index (χ0n) is 15.5. The average molecular weight is 375 g/mol. The fourth-order valence-corrected chi connectivity index (χ4v) is 3.99. The first-order valence-corrected chi connectivity index (χ1v) is 9.54. The lowest BCUT2D eigenvalue weighted by Gasteiger charge is -2.30. The molecule has 2 aliphatic heterocycles. The fraction of sp³-hybridized carbons (Fsp3) is 0.273. The maximum atomic E-state index is 13.2. The summed E-state index contributed by atoms with van der Waals surface area (Å²) in [5.41, 5.74) is 3.44. The molecule has 1 aromatic carbocycles. The molecule has 0 bridgehead atoms. The number of fused-ring (bicyclic) bond motifs is 1. The van der Waals surface area contributed by atoms with Crippen LogP contribution >= 0.6 is 0 Å². The van der Waals surface area contributed by atoms with Gasteiger partial charge in [0.15, 0.2) is 0 Å².